The third-order valence-electron chi connectivity index (χ3n) is 1.65. The van der Waals surface area contributed by atoms with Gasteiger partial charge in [0.15, 0.2) is 0 Å². The second-order valence-electron chi connectivity index (χ2n) is 3.38. The molecule has 2 heteroatoms. The number of halogens is 1. The Balaban J connectivity index is 3.80. The zero-order valence-corrected chi connectivity index (χ0v) is 9.53. The maximum atomic E-state index is 5.93. The minimum atomic E-state index is 0.577. The molecule has 0 rings (SSSR count). The van der Waals surface area contributed by atoms with Crippen molar-refractivity contribution in [3.63, 3.8) is 0 Å². The number of rotatable bonds is 6. The molecule has 0 amide bonds. The molecule has 13 heavy (non-hydrogen) atoms. The van der Waals surface area contributed by atoms with Crippen molar-refractivity contribution in [2.45, 2.75) is 33.6 Å². The van der Waals surface area contributed by atoms with Crippen molar-refractivity contribution in [1.82, 2.24) is 0 Å². The van der Waals surface area contributed by atoms with Gasteiger partial charge in [0.25, 0.3) is 0 Å². The van der Waals surface area contributed by atoms with Gasteiger partial charge in [-0.05, 0) is 25.7 Å². The zero-order valence-electron chi connectivity index (χ0n) is 8.77. The summed E-state index contributed by atoms with van der Waals surface area (Å²) in [5.41, 5.74) is 0. The third kappa shape index (κ3) is 6.71. The summed E-state index contributed by atoms with van der Waals surface area (Å²) in [6.45, 7) is 10.6. The van der Waals surface area contributed by atoms with Gasteiger partial charge in [0.2, 0.25) is 0 Å². The number of hydrogen-bond acceptors (Lipinski definition) is 1. The van der Waals surface area contributed by atoms with Crippen molar-refractivity contribution in [1.29, 1.82) is 0 Å². The summed E-state index contributed by atoms with van der Waals surface area (Å²) in [4.78, 5) is 0. The van der Waals surface area contributed by atoms with Crippen LogP contribution in [0.4, 0.5) is 0 Å². The molecule has 0 aromatic heterocycles. The van der Waals surface area contributed by atoms with Gasteiger partial charge in [0.1, 0.15) is 5.76 Å². The average Bonchev–Trinajstić information content (AvgIpc) is 2.04. The summed E-state index contributed by atoms with van der Waals surface area (Å²) in [5, 5.41) is 0.641. The van der Waals surface area contributed by atoms with Gasteiger partial charge in [-0.2, -0.15) is 0 Å². The molecule has 0 aliphatic heterocycles. The van der Waals surface area contributed by atoms with E-state index in [1.807, 2.05) is 13.0 Å². The molecule has 0 unspecified atom stereocenters. The molecular weight excluding hydrogens is 184 g/mol. The van der Waals surface area contributed by atoms with Gasteiger partial charge >= 0.3 is 0 Å². The fourth-order valence-corrected chi connectivity index (χ4v) is 1.06. The first kappa shape index (κ1) is 12.6. The van der Waals surface area contributed by atoms with E-state index in [-0.39, 0.29) is 0 Å². The number of hydrogen-bond donors (Lipinski definition) is 0. The molecule has 0 heterocycles. The smallest absolute Gasteiger partial charge is 0.130 e. The Hall–Kier alpha value is -0.430. The van der Waals surface area contributed by atoms with Crippen molar-refractivity contribution in [2.24, 2.45) is 5.92 Å². The monoisotopic (exact) mass is 202 g/mol. The van der Waals surface area contributed by atoms with Crippen molar-refractivity contribution in [2.75, 3.05) is 6.61 Å². The van der Waals surface area contributed by atoms with Gasteiger partial charge in [-0.25, -0.2) is 0 Å². The summed E-state index contributed by atoms with van der Waals surface area (Å²) < 4.78 is 5.17. The first-order valence-electron chi connectivity index (χ1n) is 4.75. The molecule has 76 valence electrons. The predicted molar refractivity (Wildman–Crippen MR) is 58.8 cm³/mol. The highest BCUT2D eigenvalue weighted by atomic mass is 35.5. The standard InChI is InChI=1S/C11H19ClO/c1-5-13-10(4)11(12)8-6-7-9(2)3/h8-9H,4-7H2,1-3H3/b11-8-. The quantitative estimate of drug-likeness (QED) is 0.466. The minimum Gasteiger partial charge on any atom is -0.493 e. The highest BCUT2D eigenvalue weighted by Gasteiger charge is 1.99. The highest BCUT2D eigenvalue weighted by molar-refractivity contribution is 6.31. The first-order valence-corrected chi connectivity index (χ1v) is 5.13. The van der Waals surface area contributed by atoms with Crippen LogP contribution in [0.25, 0.3) is 0 Å². The number of allylic oxidation sites excluding steroid dienone is 2. The molecule has 0 N–H and O–H groups in total. The first-order chi connectivity index (χ1) is 6.07. The predicted octanol–water partition coefficient (Wildman–Crippen LogP) is 4.10. The second-order valence-corrected chi connectivity index (χ2v) is 3.79. The van der Waals surface area contributed by atoms with Crippen LogP contribution in [0.3, 0.4) is 0 Å². The van der Waals surface area contributed by atoms with E-state index in [0.717, 1.165) is 12.8 Å². The maximum Gasteiger partial charge on any atom is 0.130 e. The fourth-order valence-electron chi connectivity index (χ4n) is 0.900. The molecule has 0 radical (unpaired) electrons. The topological polar surface area (TPSA) is 9.23 Å². The van der Waals surface area contributed by atoms with Crippen LogP contribution in [0.15, 0.2) is 23.4 Å². The molecule has 0 spiro atoms. The van der Waals surface area contributed by atoms with Gasteiger partial charge in [0, 0.05) is 0 Å². The lowest BCUT2D eigenvalue weighted by molar-refractivity contribution is 0.242. The summed E-state index contributed by atoms with van der Waals surface area (Å²) in [7, 11) is 0. The Morgan fingerprint density at radius 2 is 2.15 bits per heavy atom. The molecule has 0 fully saturated rings. The van der Waals surface area contributed by atoms with Crippen LogP contribution < -0.4 is 0 Å². The van der Waals surface area contributed by atoms with Gasteiger partial charge in [-0.3, -0.25) is 0 Å². The maximum absolute atomic E-state index is 5.93. The van der Waals surface area contributed by atoms with Gasteiger partial charge in [0.05, 0.1) is 11.6 Å². The van der Waals surface area contributed by atoms with Crippen LogP contribution in [0.2, 0.25) is 0 Å². The van der Waals surface area contributed by atoms with Crippen LogP contribution in [0.1, 0.15) is 33.6 Å². The molecular formula is C11H19ClO. The van der Waals surface area contributed by atoms with E-state index in [1.165, 1.54) is 0 Å². The molecule has 0 aliphatic rings. The Kier molecular flexibility index (Phi) is 6.79. The van der Waals surface area contributed by atoms with E-state index in [1.54, 1.807) is 0 Å². The van der Waals surface area contributed by atoms with Gasteiger partial charge in [-0.15, -0.1) is 0 Å². The van der Waals surface area contributed by atoms with Crippen molar-refractivity contribution in [3.05, 3.63) is 23.4 Å². The van der Waals surface area contributed by atoms with Crippen molar-refractivity contribution in [3.8, 4) is 0 Å². The highest BCUT2D eigenvalue weighted by Crippen LogP contribution is 2.16. The molecule has 0 aromatic rings. The van der Waals surface area contributed by atoms with E-state index in [9.17, 15) is 0 Å². The van der Waals surface area contributed by atoms with Crippen LogP contribution in [-0.4, -0.2) is 6.61 Å². The van der Waals surface area contributed by atoms with Crippen molar-refractivity contribution >= 4 is 11.6 Å². The summed E-state index contributed by atoms with van der Waals surface area (Å²) in [6, 6.07) is 0. The summed E-state index contributed by atoms with van der Waals surface area (Å²) >= 11 is 5.93. The minimum absolute atomic E-state index is 0.577. The lowest BCUT2D eigenvalue weighted by atomic mass is 10.1. The van der Waals surface area contributed by atoms with E-state index < -0.39 is 0 Å². The lowest BCUT2D eigenvalue weighted by Crippen LogP contribution is -1.90. The molecule has 0 bridgehead atoms. The Bertz CT molecular complexity index is 183. The normalized spacial score (nSPS) is 11.9. The van der Waals surface area contributed by atoms with E-state index in [2.05, 4.69) is 20.4 Å². The average molecular weight is 203 g/mol. The zero-order chi connectivity index (χ0) is 10.3. The van der Waals surface area contributed by atoms with Crippen LogP contribution in [0, 0.1) is 5.92 Å². The van der Waals surface area contributed by atoms with Gasteiger partial charge in [-0.1, -0.05) is 38.1 Å². The molecule has 0 aliphatic carbocycles. The van der Waals surface area contributed by atoms with E-state index >= 15 is 0 Å². The Morgan fingerprint density at radius 1 is 1.54 bits per heavy atom. The molecule has 0 saturated heterocycles. The number of ether oxygens (including phenoxy) is 1. The molecule has 0 aromatic carbocycles. The Labute approximate surface area is 86.4 Å². The SMILES string of the molecule is C=C(OCC)/C(Cl)=C/CCC(C)C. The van der Waals surface area contributed by atoms with E-state index in [0.29, 0.717) is 23.3 Å². The van der Waals surface area contributed by atoms with Crippen LogP contribution in [-0.2, 0) is 4.74 Å². The fraction of sp³-hybridized carbons (Fsp3) is 0.636. The molecule has 0 atom stereocenters. The van der Waals surface area contributed by atoms with Crippen molar-refractivity contribution < 1.29 is 4.74 Å². The summed E-state index contributed by atoms with van der Waals surface area (Å²) in [6.07, 6.45) is 4.11. The van der Waals surface area contributed by atoms with Crippen LogP contribution >= 0.6 is 11.6 Å². The largest absolute Gasteiger partial charge is 0.493 e. The second kappa shape index (κ2) is 7.02. The lowest BCUT2D eigenvalue weighted by Gasteiger charge is -2.05. The molecule has 0 saturated carbocycles. The van der Waals surface area contributed by atoms with Crippen LogP contribution in [0.5, 0.6) is 0 Å². The van der Waals surface area contributed by atoms with E-state index in [4.69, 9.17) is 16.3 Å². The third-order valence-corrected chi connectivity index (χ3v) is 2.02. The Morgan fingerprint density at radius 3 is 2.62 bits per heavy atom. The van der Waals surface area contributed by atoms with Gasteiger partial charge < -0.3 is 4.74 Å². The molecule has 1 nitrogen and oxygen atoms in total. The summed E-state index contributed by atoms with van der Waals surface area (Å²) in [5.74, 6) is 1.29.